The summed E-state index contributed by atoms with van der Waals surface area (Å²) in [4.78, 5) is 11.8. The number of aliphatic imine (C=N–C) groups is 1. The highest BCUT2D eigenvalue weighted by Crippen LogP contribution is 2.24. The fourth-order valence-electron chi connectivity index (χ4n) is 3.63. The average Bonchev–Trinajstić information content (AvgIpc) is 3.32. The molecule has 5 heterocycles. The first-order valence-corrected chi connectivity index (χ1v) is 8.70. The molecule has 4 heteroatoms. The maximum Gasteiger partial charge on any atom is 0.0973 e. The summed E-state index contributed by atoms with van der Waals surface area (Å²) in [5, 5.41) is 5.69. The predicted molar refractivity (Wildman–Crippen MR) is 102 cm³/mol. The van der Waals surface area contributed by atoms with E-state index in [1.807, 2.05) is 0 Å². The van der Waals surface area contributed by atoms with E-state index in [0.29, 0.717) is 0 Å². The average molecular weight is 328 g/mol. The lowest BCUT2D eigenvalue weighted by Crippen LogP contribution is -2.19. The summed E-state index contributed by atoms with van der Waals surface area (Å²) < 4.78 is 0. The lowest BCUT2D eigenvalue weighted by Gasteiger charge is -2.11. The van der Waals surface area contributed by atoms with E-state index in [0.717, 1.165) is 40.6 Å². The summed E-state index contributed by atoms with van der Waals surface area (Å²) >= 11 is 0. The number of hydrogen-bond donors (Lipinski definition) is 3. The van der Waals surface area contributed by atoms with Gasteiger partial charge in [-0.1, -0.05) is 6.08 Å². The van der Waals surface area contributed by atoms with Crippen molar-refractivity contribution in [2.45, 2.75) is 25.3 Å². The molecule has 1 saturated heterocycles. The molecule has 3 aliphatic heterocycles. The van der Waals surface area contributed by atoms with Gasteiger partial charge in [0.05, 0.1) is 11.3 Å². The minimum absolute atomic E-state index is 0.303. The second kappa shape index (κ2) is 5.24. The molecule has 1 fully saturated rings. The van der Waals surface area contributed by atoms with E-state index in [1.165, 1.54) is 11.4 Å². The zero-order valence-corrected chi connectivity index (χ0v) is 14.1. The van der Waals surface area contributed by atoms with Gasteiger partial charge in [-0.05, 0) is 74.4 Å². The fraction of sp³-hybridized carbons (Fsp3) is 0.190. The first kappa shape index (κ1) is 14.3. The molecule has 5 rings (SSSR count). The number of rotatable bonds is 0. The predicted octanol–water partition coefficient (Wildman–Crippen LogP) is 2.34. The summed E-state index contributed by atoms with van der Waals surface area (Å²) in [6, 6.07) is 8.43. The molecule has 2 aromatic heterocycles. The largest absolute Gasteiger partial charge is 0.362 e. The van der Waals surface area contributed by atoms with Crippen LogP contribution in [0, 0.1) is 0 Å². The Morgan fingerprint density at radius 1 is 0.880 bits per heavy atom. The van der Waals surface area contributed by atoms with Crippen molar-refractivity contribution in [1.82, 2.24) is 15.3 Å². The molecule has 1 unspecified atom stereocenters. The number of aromatic nitrogens is 2. The number of H-pyrrole nitrogens is 2. The normalized spacial score (nSPS) is 27.4. The number of fused-ring (bicyclic) bond motifs is 7. The molecule has 2 aromatic rings. The van der Waals surface area contributed by atoms with Crippen molar-refractivity contribution in [3.63, 3.8) is 0 Å². The molecular formula is C21H20N4. The zero-order valence-electron chi connectivity index (χ0n) is 14.1. The van der Waals surface area contributed by atoms with Crippen LogP contribution in [0.3, 0.4) is 0 Å². The minimum Gasteiger partial charge on any atom is -0.362 e. The third-order valence-corrected chi connectivity index (χ3v) is 4.82. The Balaban J connectivity index is 1.69. The van der Waals surface area contributed by atoms with E-state index in [4.69, 9.17) is 4.99 Å². The molecule has 0 aliphatic carbocycles. The van der Waals surface area contributed by atoms with Gasteiger partial charge in [-0.2, -0.15) is 0 Å². The van der Waals surface area contributed by atoms with Crippen LogP contribution in [-0.4, -0.2) is 21.2 Å². The summed E-state index contributed by atoms with van der Waals surface area (Å²) in [6.07, 6.45) is 15.0. The molecule has 25 heavy (non-hydrogen) atoms. The second-order valence-corrected chi connectivity index (χ2v) is 7.09. The van der Waals surface area contributed by atoms with Crippen molar-refractivity contribution in [3.8, 4) is 0 Å². The first-order chi connectivity index (χ1) is 12.1. The van der Waals surface area contributed by atoms with E-state index in [1.54, 1.807) is 0 Å². The lowest BCUT2D eigenvalue weighted by atomic mass is 10.0. The first-order valence-electron chi connectivity index (χ1n) is 8.70. The van der Waals surface area contributed by atoms with Crippen LogP contribution in [0.25, 0.3) is 18.2 Å². The van der Waals surface area contributed by atoms with Gasteiger partial charge in [0, 0.05) is 33.5 Å². The van der Waals surface area contributed by atoms with Crippen LogP contribution in [-0.2, 0) is 0 Å². The lowest BCUT2D eigenvalue weighted by molar-refractivity contribution is 0.793. The molecule has 0 amide bonds. The van der Waals surface area contributed by atoms with Gasteiger partial charge in [-0.3, -0.25) is 4.99 Å². The quantitative estimate of drug-likeness (QED) is 0.683. The third-order valence-electron chi connectivity index (χ3n) is 4.82. The van der Waals surface area contributed by atoms with Gasteiger partial charge in [0.1, 0.15) is 0 Å². The molecule has 1 atom stereocenters. The van der Waals surface area contributed by atoms with Crippen LogP contribution < -0.4 is 16.0 Å². The van der Waals surface area contributed by atoms with Crippen molar-refractivity contribution < 1.29 is 0 Å². The van der Waals surface area contributed by atoms with Gasteiger partial charge in [0.15, 0.2) is 0 Å². The van der Waals surface area contributed by atoms with E-state index < -0.39 is 0 Å². The molecule has 0 spiro atoms. The van der Waals surface area contributed by atoms with Gasteiger partial charge in [0.2, 0.25) is 0 Å². The molecule has 124 valence electrons. The number of allylic oxidation sites excluding steroid dienone is 4. The van der Waals surface area contributed by atoms with Crippen LogP contribution in [0.15, 0.2) is 58.9 Å². The maximum absolute atomic E-state index is 4.89. The number of hydrogen-bond acceptors (Lipinski definition) is 2. The summed E-state index contributed by atoms with van der Waals surface area (Å²) in [5.74, 6) is 0. The summed E-state index contributed by atoms with van der Waals surface area (Å²) in [5.41, 5.74) is 5.40. The Morgan fingerprint density at radius 3 is 2.52 bits per heavy atom. The van der Waals surface area contributed by atoms with Crippen LogP contribution in [0.5, 0.6) is 0 Å². The molecule has 0 aromatic carbocycles. The van der Waals surface area contributed by atoms with Crippen molar-refractivity contribution in [1.29, 1.82) is 0 Å². The summed E-state index contributed by atoms with van der Waals surface area (Å²) in [6.45, 7) is 2.13. The molecule has 0 saturated carbocycles. The van der Waals surface area contributed by atoms with Gasteiger partial charge < -0.3 is 15.3 Å². The van der Waals surface area contributed by atoms with E-state index in [2.05, 4.69) is 82.9 Å². The van der Waals surface area contributed by atoms with Crippen LogP contribution in [0.1, 0.15) is 31.2 Å². The fourth-order valence-corrected chi connectivity index (χ4v) is 3.63. The van der Waals surface area contributed by atoms with Crippen LogP contribution in [0.2, 0.25) is 0 Å². The number of aromatic amines is 2. The monoisotopic (exact) mass is 328 g/mol. The van der Waals surface area contributed by atoms with Crippen LogP contribution in [0.4, 0.5) is 0 Å². The molecule has 3 aliphatic rings. The minimum atomic E-state index is -0.303. The van der Waals surface area contributed by atoms with E-state index in [-0.39, 0.29) is 5.54 Å². The highest BCUT2D eigenvalue weighted by Gasteiger charge is 2.22. The Labute approximate surface area is 146 Å². The van der Waals surface area contributed by atoms with Gasteiger partial charge in [-0.15, -0.1) is 0 Å². The topological polar surface area (TPSA) is 56.0 Å². The third kappa shape index (κ3) is 2.80. The Kier molecular flexibility index (Phi) is 3.01. The zero-order chi connectivity index (χ0) is 16.9. The Bertz CT molecular complexity index is 1090. The van der Waals surface area contributed by atoms with Crippen molar-refractivity contribution >= 4 is 23.9 Å². The van der Waals surface area contributed by atoms with E-state index in [9.17, 15) is 0 Å². The number of nitrogens with one attached hydrogen (secondary N) is 3. The van der Waals surface area contributed by atoms with Gasteiger partial charge in [-0.25, -0.2) is 0 Å². The van der Waals surface area contributed by atoms with Gasteiger partial charge >= 0.3 is 0 Å². The second-order valence-electron chi connectivity index (χ2n) is 7.09. The van der Waals surface area contributed by atoms with Crippen LogP contribution >= 0.6 is 0 Å². The Morgan fingerprint density at radius 2 is 1.64 bits per heavy atom. The summed E-state index contributed by atoms with van der Waals surface area (Å²) in [7, 11) is 0. The molecule has 4 nitrogen and oxygen atoms in total. The molecule has 0 radical (unpaired) electrons. The van der Waals surface area contributed by atoms with Crippen molar-refractivity contribution in [2.75, 3.05) is 0 Å². The molecule has 8 bridgehead atoms. The maximum atomic E-state index is 4.89. The van der Waals surface area contributed by atoms with E-state index >= 15 is 0 Å². The Hall–Kier alpha value is -3.01. The number of nitrogens with zero attached hydrogens (tertiary/aromatic N) is 1. The van der Waals surface area contributed by atoms with Crippen molar-refractivity contribution in [2.24, 2.45) is 4.99 Å². The van der Waals surface area contributed by atoms with Gasteiger partial charge in [0.25, 0.3) is 0 Å². The SMILES string of the molecule is CC12C=CC(=N1)C=C1CC/C(=C/c3ccc([nH]3)/C=c3/ccc([nH]3)=C2)N1. The highest BCUT2D eigenvalue weighted by molar-refractivity contribution is 6.07. The highest BCUT2D eigenvalue weighted by atomic mass is 14.9. The smallest absolute Gasteiger partial charge is 0.0973 e. The molecule has 3 N–H and O–H groups in total. The standard InChI is InChI=1S/C21H20N4/c1-21-9-8-19(25-21)12-18-5-4-15(23-18)10-14-2-3-16(22-14)11-17-6-7-20(13-21)24-17/h2-3,6-13,22-24H,4-5H2,1H3/b15-10-,17-11-,18-12?,20-13?. The van der Waals surface area contributed by atoms with Crippen molar-refractivity contribution in [3.05, 3.63) is 76.0 Å². The molecular weight excluding hydrogens is 308 g/mol.